The first-order valence-corrected chi connectivity index (χ1v) is 4.79. The molecule has 0 radical (unpaired) electrons. The van der Waals surface area contributed by atoms with Crippen LogP contribution in [0.5, 0.6) is 0 Å². The molecule has 0 saturated carbocycles. The first kappa shape index (κ1) is 9.49. The summed E-state index contributed by atoms with van der Waals surface area (Å²) in [6.45, 7) is 0. The van der Waals surface area contributed by atoms with Gasteiger partial charge in [-0.2, -0.15) is 0 Å². The summed E-state index contributed by atoms with van der Waals surface area (Å²) in [5, 5.41) is 0.623. The fraction of sp³-hybridized carbons (Fsp3) is 0.300. The Balaban J connectivity index is 2.56. The van der Waals surface area contributed by atoms with Gasteiger partial charge in [0.2, 0.25) is 5.91 Å². The van der Waals surface area contributed by atoms with E-state index in [2.05, 4.69) is 0 Å². The number of halogens is 1. The molecule has 1 aliphatic rings. The lowest BCUT2D eigenvalue weighted by Crippen LogP contribution is -2.35. The van der Waals surface area contributed by atoms with Gasteiger partial charge in [0, 0.05) is 30.2 Å². The van der Waals surface area contributed by atoms with Crippen LogP contribution in [0.1, 0.15) is 18.0 Å². The van der Waals surface area contributed by atoms with Crippen molar-refractivity contribution in [2.45, 2.75) is 12.5 Å². The number of rotatable bonds is 0. The predicted octanol–water partition coefficient (Wildman–Crippen LogP) is 1.71. The number of anilines is 1. The molecule has 0 aromatic heterocycles. The van der Waals surface area contributed by atoms with Crippen LogP contribution >= 0.6 is 11.6 Å². The first-order valence-electron chi connectivity index (χ1n) is 4.41. The van der Waals surface area contributed by atoms with Gasteiger partial charge in [0.05, 0.1) is 0 Å². The second-order valence-corrected chi connectivity index (χ2v) is 3.90. The van der Waals surface area contributed by atoms with E-state index in [1.165, 1.54) is 0 Å². The second kappa shape index (κ2) is 3.26. The third-order valence-electron chi connectivity index (χ3n) is 2.52. The molecule has 14 heavy (non-hydrogen) atoms. The summed E-state index contributed by atoms with van der Waals surface area (Å²) in [5.41, 5.74) is 7.66. The van der Waals surface area contributed by atoms with E-state index < -0.39 is 0 Å². The molecule has 2 N–H and O–H groups in total. The maximum atomic E-state index is 11.5. The number of hydrogen-bond donors (Lipinski definition) is 1. The van der Waals surface area contributed by atoms with E-state index in [1.54, 1.807) is 24.1 Å². The highest BCUT2D eigenvalue weighted by Crippen LogP contribution is 2.33. The molecular formula is C10H11ClN2O. The average Bonchev–Trinajstić information content (AvgIpc) is 2.14. The molecular weight excluding hydrogens is 200 g/mol. The van der Waals surface area contributed by atoms with E-state index in [-0.39, 0.29) is 11.9 Å². The zero-order valence-corrected chi connectivity index (χ0v) is 8.58. The van der Waals surface area contributed by atoms with E-state index in [0.29, 0.717) is 11.4 Å². The van der Waals surface area contributed by atoms with E-state index in [0.717, 1.165) is 11.3 Å². The highest BCUT2D eigenvalue weighted by atomic mass is 35.5. The number of nitrogens with two attached hydrogens (primary N) is 1. The van der Waals surface area contributed by atoms with Crippen molar-refractivity contribution >= 4 is 23.2 Å². The van der Waals surface area contributed by atoms with Crippen LogP contribution in [0.2, 0.25) is 5.02 Å². The molecule has 2 rings (SSSR count). The maximum Gasteiger partial charge on any atom is 0.228 e. The topological polar surface area (TPSA) is 46.3 Å². The van der Waals surface area contributed by atoms with Gasteiger partial charge in [0.25, 0.3) is 0 Å². The van der Waals surface area contributed by atoms with Crippen molar-refractivity contribution in [3.8, 4) is 0 Å². The minimum absolute atomic E-state index is 0.0345. The number of fused-ring (bicyclic) bond motifs is 1. The Kier molecular flexibility index (Phi) is 2.21. The molecule has 0 fully saturated rings. The van der Waals surface area contributed by atoms with Crippen molar-refractivity contribution in [2.24, 2.45) is 5.73 Å². The quantitative estimate of drug-likeness (QED) is 0.709. The van der Waals surface area contributed by atoms with Crippen LogP contribution in [-0.2, 0) is 4.79 Å². The fourth-order valence-electron chi connectivity index (χ4n) is 1.69. The molecule has 1 aliphatic heterocycles. The zero-order valence-electron chi connectivity index (χ0n) is 7.83. The van der Waals surface area contributed by atoms with Crippen molar-refractivity contribution in [1.82, 2.24) is 0 Å². The van der Waals surface area contributed by atoms with Gasteiger partial charge in [-0.1, -0.05) is 17.7 Å². The molecule has 0 bridgehead atoms. The fourth-order valence-corrected chi connectivity index (χ4v) is 1.86. The first-order chi connectivity index (χ1) is 6.59. The summed E-state index contributed by atoms with van der Waals surface area (Å²) in [6.07, 6.45) is 0.366. The normalized spacial score (nSPS) is 20.9. The lowest BCUT2D eigenvalue weighted by molar-refractivity contribution is -0.119. The van der Waals surface area contributed by atoms with E-state index >= 15 is 0 Å². The van der Waals surface area contributed by atoms with Crippen molar-refractivity contribution in [1.29, 1.82) is 0 Å². The molecule has 1 atom stereocenters. The van der Waals surface area contributed by atoms with E-state index in [4.69, 9.17) is 17.3 Å². The van der Waals surface area contributed by atoms with E-state index in [1.807, 2.05) is 6.07 Å². The number of benzene rings is 1. The third-order valence-corrected chi connectivity index (χ3v) is 2.76. The van der Waals surface area contributed by atoms with Gasteiger partial charge >= 0.3 is 0 Å². The van der Waals surface area contributed by atoms with Gasteiger partial charge in [-0.3, -0.25) is 4.79 Å². The summed E-state index contributed by atoms with van der Waals surface area (Å²) in [6, 6.07) is 5.24. The third kappa shape index (κ3) is 1.38. The molecule has 74 valence electrons. The molecule has 1 aromatic rings. The lowest BCUT2D eigenvalue weighted by Gasteiger charge is -2.29. The van der Waals surface area contributed by atoms with Crippen molar-refractivity contribution in [3.63, 3.8) is 0 Å². The van der Waals surface area contributed by atoms with Gasteiger partial charge in [0.1, 0.15) is 0 Å². The van der Waals surface area contributed by atoms with E-state index in [9.17, 15) is 4.79 Å². The summed E-state index contributed by atoms with van der Waals surface area (Å²) >= 11 is 5.86. The summed E-state index contributed by atoms with van der Waals surface area (Å²) in [5.74, 6) is 0.0345. The van der Waals surface area contributed by atoms with Crippen molar-refractivity contribution in [3.05, 3.63) is 28.8 Å². The van der Waals surface area contributed by atoms with Crippen LogP contribution in [0.25, 0.3) is 0 Å². The molecule has 0 saturated heterocycles. The zero-order chi connectivity index (χ0) is 10.3. The smallest absolute Gasteiger partial charge is 0.228 e. The van der Waals surface area contributed by atoms with Crippen LogP contribution < -0.4 is 10.6 Å². The van der Waals surface area contributed by atoms with Crippen LogP contribution in [-0.4, -0.2) is 13.0 Å². The predicted molar refractivity (Wildman–Crippen MR) is 56.4 cm³/mol. The molecule has 4 heteroatoms. The molecule has 3 nitrogen and oxygen atoms in total. The minimum atomic E-state index is -0.203. The van der Waals surface area contributed by atoms with Crippen LogP contribution in [0.3, 0.4) is 0 Å². The van der Waals surface area contributed by atoms with Crippen molar-refractivity contribution in [2.75, 3.05) is 11.9 Å². The van der Waals surface area contributed by atoms with Gasteiger partial charge in [-0.05, 0) is 17.7 Å². The van der Waals surface area contributed by atoms with Gasteiger partial charge in [-0.15, -0.1) is 0 Å². The van der Waals surface area contributed by atoms with Crippen molar-refractivity contribution < 1.29 is 4.79 Å². The number of carbonyl (C=O) groups excluding carboxylic acids is 1. The van der Waals surface area contributed by atoms with Crippen LogP contribution in [0.15, 0.2) is 18.2 Å². The largest absolute Gasteiger partial charge is 0.323 e. The van der Waals surface area contributed by atoms with Crippen LogP contribution in [0.4, 0.5) is 5.69 Å². The Hall–Kier alpha value is -1.06. The molecule has 0 spiro atoms. The number of nitrogens with zero attached hydrogens (tertiary/aromatic N) is 1. The summed E-state index contributed by atoms with van der Waals surface area (Å²) in [4.78, 5) is 13.1. The SMILES string of the molecule is CN1C(=O)CC(N)c2ccc(Cl)cc21. The Morgan fingerprint density at radius 1 is 1.57 bits per heavy atom. The summed E-state index contributed by atoms with van der Waals surface area (Å²) < 4.78 is 0. The highest BCUT2D eigenvalue weighted by Gasteiger charge is 2.26. The second-order valence-electron chi connectivity index (χ2n) is 3.47. The maximum absolute atomic E-state index is 11.5. The Morgan fingerprint density at radius 3 is 3.00 bits per heavy atom. The molecule has 1 amide bonds. The van der Waals surface area contributed by atoms with Gasteiger partial charge in [-0.25, -0.2) is 0 Å². The minimum Gasteiger partial charge on any atom is -0.323 e. The molecule has 1 heterocycles. The number of hydrogen-bond acceptors (Lipinski definition) is 2. The molecule has 0 aliphatic carbocycles. The standard InChI is InChI=1S/C10H11ClN2O/c1-13-9-4-6(11)2-3-7(9)8(12)5-10(13)14/h2-4,8H,5,12H2,1H3. The lowest BCUT2D eigenvalue weighted by atomic mass is 9.97. The molecule has 1 aromatic carbocycles. The number of carbonyl (C=O) groups is 1. The van der Waals surface area contributed by atoms with Crippen LogP contribution in [0, 0.1) is 0 Å². The number of amides is 1. The highest BCUT2D eigenvalue weighted by molar-refractivity contribution is 6.31. The monoisotopic (exact) mass is 210 g/mol. The Bertz CT molecular complexity index is 392. The summed E-state index contributed by atoms with van der Waals surface area (Å²) in [7, 11) is 1.74. The Morgan fingerprint density at radius 2 is 2.29 bits per heavy atom. The average molecular weight is 211 g/mol. The Labute approximate surface area is 87.4 Å². The van der Waals surface area contributed by atoms with Gasteiger partial charge < -0.3 is 10.6 Å². The van der Waals surface area contributed by atoms with Gasteiger partial charge in [0.15, 0.2) is 0 Å². The molecule has 1 unspecified atom stereocenters.